The van der Waals surface area contributed by atoms with Crippen molar-refractivity contribution < 1.29 is 13.6 Å². The lowest BCUT2D eigenvalue weighted by Crippen LogP contribution is -2.26. The molecule has 1 amide bonds. The largest absolute Gasteiger partial charge is 0.398 e. The van der Waals surface area contributed by atoms with E-state index in [1.807, 2.05) is 0 Å². The molecule has 5 heteroatoms. The molecule has 0 heterocycles. The summed E-state index contributed by atoms with van der Waals surface area (Å²) in [7, 11) is 0. The Hall–Kier alpha value is -2.43. The van der Waals surface area contributed by atoms with Gasteiger partial charge in [-0.1, -0.05) is 18.2 Å². The minimum Gasteiger partial charge on any atom is -0.398 e. The molecule has 0 saturated heterocycles. The number of nitrogen functional groups attached to an aromatic ring is 1. The van der Waals surface area contributed by atoms with E-state index in [4.69, 9.17) is 5.73 Å². The molecule has 3 N–H and O–H groups in total. The number of amides is 1. The number of nitrogens with one attached hydrogen (secondary N) is 1. The van der Waals surface area contributed by atoms with Gasteiger partial charge in [-0.25, -0.2) is 8.78 Å². The van der Waals surface area contributed by atoms with Crippen molar-refractivity contribution in [2.45, 2.75) is 6.42 Å². The van der Waals surface area contributed by atoms with Gasteiger partial charge in [-0.3, -0.25) is 4.79 Å². The van der Waals surface area contributed by atoms with E-state index in [0.717, 1.165) is 6.07 Å². The van der Waals surface area contributed by atoms with Gasteiger partial charge in [0.05, 0.1) is 5.56 Å². The Morgan fingerprint density at radius 2 is 1.90 bits per heavy atom. The number of carbonyl (C=O) groups is 1. The lowest BCUT2D eigenvalue weighted by atomic mass is 10.1. The van der Waals surface area contributed by atoms with Crippen LogP contribution in [-0.4, -0.2) is 12.5 Å². The fourth-order valence-corrected chi connectivity index (χ4v) is 1.85. The first-order valence-corrected chi connectivity index (χ1v) is 6.14. The molecule has 2 aromatic rings. The zero-order valence-electron chi connectivity index (χ0n) is 10.7. The highest BCUT2D eigenvalue weighted by Crippen LogP contribution is 2.13. The highest BCUT2D eigenvalue weighted by Gasteiger charge is 2.10. The van der Waals surface area contributed by atoms with Crippen LogP contribution < -0.4 is 11.1 Å². The smallest absolute Gasteiger partial charge is 0.253 e. The molecular formula is C15H14F2N2O. The van der Waals surface area contributed by atoms with Crippen LogP contribution in [0.1, 0.15) is 15.9 Å². The molecule has 0 spiro atoms. The van der Waals surface area contributed by atoms with Gasteiger partial charge in [0.15, 0.2) is 0 Å². The molecular weight excluding hydrogens is 262 g/mol. The number of hydrogen-bond acceptors (Lipinski definition) is 2. The fraction of sp³-hybridized carbons (Fsp3) is 0.133. The van der Waals surface area contributed by atoms with Gasteiger partial charge < -0.3 is 11.1 Å². The molecule has 104 valence electrons. The second kappa shape index (κ2) is 6.14. The third-order valence-electron chi connectivity index (χ3n) is 2.90. The van der Waals surface area contributed by atoms with E-state index in [1.165, 1.54) is 18.2 Å². The second-order valence-electron chi connectivity index (χ2n) is 4.33. The molecule has 0 saturated carbocycles. The fourth-order valence-electron chi connectivity index (χ4n) is 1.85. The predicted molar refractivity (Wildman–Crippen MR) is 73.2 cm³/mol. The first-order valence-electron chi connectivity index (χ1n) is 6.14. The average Bonchev–Trinajstić information content (AvgIpc) is 2.40. The van der Waals surface area contributed by atoms with Crippen LogP contribution in [0.5, 0.6) is 0 Å². The van der Waals surface area contributed by atoms with Crippen LogP contribution in [0.3, 0.4) is 0 Å². The quantitative estimate of drug-likeness (QED) is 0.843. The summed E-state index contributed by atoms with van der Waals surface area (Å²) < 4.78 is 26.2. The van der Waals surface area contributed by atoms with Crippen molar-refractivity contribution in [1.82, 2.24) is 5.32 Å². The summed E-state index contributed by atoms with van der Waals surface area (Å²) in [5.74, 6) is -1.20. The van der Waals surface area contributed by atoms with Crippen LogP contribution in [0.4, 0.5) is 14.5 Å². The number of rotatable bonds is 4. The molecule has 0 radical (unpaired) electrons. The maximum absolute atomic E-state index is 13.4. The Morgan fingerprint density at radius 1 is 1.15 bits per heavy atom. The molecule has 0 atom stereocenters. The standard InChI is InChI=1S/C15H14F2N2O/c16-11-5-6-12(14(18)9-11)15(20)19-8-7-10-3-1-2-4-13(10)17/h1-6,9H,7-8,18H2,(H,19,20). The summed E-state index contributed by atoms with van der Waals surface area (Å²) in [6.45, 7) is 0.274. The topological polar surface area (TPSA) is 55.1 Å². The van der Waals surface area contributed by atoms with Crippen molar-refractivity contribution in [3.05, 3.63) is 65.2 Å². The van der Waals surface area contributed by atoms with E-state index < -0.39 is 11.7 Å². The first-order chi connectivity index (χ1) is 9.58. The zero-order valence-corrected chi connectivity index (χ0v) is 10.7. The van der Waals surface area contributed by atoms with E-state index in [2.05, 4.69) is 5.32 Å². The van der Waals surface area contributed by atoms with Crippen molar-refractivity contribution in [3.8, 4) is 0 Å². The predicted octanol–water partition coefficient (Wildman–Crippen LogP) is 2.52. The third-order valence-corrected chi connectivity index (χ3v) is 2.90. The van der Waals surface area contributed by atoms with Crippen LogP contribution in [0, 0.1) is 11.6 Å². The Bertz CT molecular complexity index is 629. The van der Waals surface area contributed by atoms with Crippen LogP contribution in [-0.2, 0) is 6.42 Å². The number of hydrogen-bond donors (Lipinski definition) is 2. The van der Waals surface area contributed by atoms with Crippen molar-refractivity contribution in [1.29, 1.82) is 0 Å². The Balaban J connectivity index is 1.94. The Labute approximate surface area is 115 Å². The molecule has 0 bridgehead atoms. The van der Waals surface area contributed by atoms with Crippen molar-refractivity contribution in [3.63, 3.8) is 0 Å². The molecule has 3 nitrogen and oxygen atoms in total. The Kier molecular flexibility index (Phi) is 4.30. The number of anilines is 1. The summed E-state index contributed by atoms with van der Waals surface area (Å²) in [6.07, 6.45) is 0.375. The Morgan fingerprint density at radius 3 is 2.60 bits per heavy atom. The molecule has 20 heavy (non-hydrogen) atoms. The van der Waals surface area contributed by atoms with E-state index in [-0.39, 0.29) is 23.6 Å². The van der Waals surface area contributed by atoms with E-state index >= 15 is 0 Å². The van der Waals surface area contributed by atoms with Gasteiger partial charge in [-0.2, -0.15) is 0 Å². The summed E-state index contributed by atoms with van der Waals surface area (Å²) in [5, 5.41) is 2.63. The van der Waals surface area contributed by atoms with Crippen LogP contribution >= 0.6 is 0 Å². The van der Waals surface area contributed by atoms with Crippen LogP contribution in [0.2, 0.25) is 0 Å². The van der Waals surface area contributed by atoms with Crippen molar-refractivity contribution in [2.75, 3.05) is 12.3 Å². The number of benzene rings is 2. The van der Waals surface area contributed by atoms with Gasteiger partial charge in [0.2, 0.25) is 0 Å². The molecule has 0 aliphatic carbocycles. The van der Waals surface area contributed by atoms with Gasteiger partial charge in [-0.05, 0) is 36.2 Å². The highest BCUT2D eigenvalue weighted by molar-refractivity contribution is 5.99. The van der Waals surface area contributed by atoms with E-state index in [9.17, 15) is 13.6 Å². The highest BCUT2D eigenvalue weighted by atomic mass is 19.1. The van der Waals surface area contributed by atoms with Crippen LogP contribution in [0.15, 0.2) is 42.5 Å². The molecule has 0 aliphatic heterocycles. The molecule has 2 aromatic carbocycles. The lowest BCUT2D eigenvalue weighted by Gasteiger charge is -2.08. The minimum absolute atomic E-state index is 0.0772. The molecule has 2 rings (SSSR count). The van der Waals surface area contributed by atoms with Crippen molar-refractivity contribution in [2.24, 2.45) is 0 Å². The molecule has 0 unspecified atom stereocenters. The van der Waals surface area contributed by atoms with E-state index in [0.29, 0.717) is 12.0 Å². The summed E-state index contributed by atoms with van der Waals surface area (Å²) >= 11 is 0. The third kappa shape index (κ3) is 3.32. The van der Waals surface area contributed by atoms with Crippen molar-refractivity contribution >= 4 is 11.6 Å². The summed E-state index contributed by atoms with van der Waals surface area (Å²) in [4.78, 5) is 11.8. The maximum Gasteiger partial charge on any atom is 0.253 e. The molecule has 0 fully saturated rings. The molecule has 0 aromatic heterocycles. The van der Waals surface area contributed by atoms with Gasteiger partial charge in [0.25, 0.3) is 5.91 Å². The van der Waals surface area contributed by atoms with Gasteiger partial charge in [0, 0.05) is 12.2 Å². The first kappa shape index (κ1) is 14.0. The van der Waals surface area contributed by atoms with Gasteiger partial charge >= 0.3 is 0 Å². The maximum atomic E-state index is 13.4. The minimum atomic E-state index is -0.495. The normalized spacial score (nSPS) is 10.3. The summed E-state index contributed by atoms with van der Waals surface area (Å²) in [6, 6.07) is 9.95. The van der Waals surface area contributed by atoms with Crippen LogP contribution in [0.25, 0.3) is 0 Å². The second-order valence-corrected chi connectivity index (χ2v) is 4.33. The zero-order chi connectivity index (χ0) is 14.5. The SMILES string of the molecule is Nc1cc(F)ccc1C(=O)NCCc1ccccc1F. The monoisotopic (exact) mass is 276 g/mol. The number of carbonyl (C=O) groups excluding carboxylic acids is 1. The summed E-state index contributed by atoms with van der Waals surface area (Å²) in [5.41, 5.74) is 6.38. The molecule has 0 aliphatic rings. The van der Waals surface area contributed by atoms with E-state index in [1.54, 1.807) is 18.2 Å². The number of nitrogens with two attached hydrogens (primary N) is 1. The average molecular weight is 276 g/mol. The number of halogens is 2. The lowest BCUT2D eigenvalue weighted by molar-refractivity contribution is 0.0955. The van der Waals surface area contributed by atoms with Gasteiger partial charge in [-0.15, -0.1) is 0 Å². The van der Waals surface area contributed by atoms with Gasteiger partial charge in [0.1, 0.15) is 11.6 Å².